The van der Waals surface area contributed by atoms with Gasteiger partial charge >= 0.3 is 6.18 Å². The molecule has 30 heavy (non-hydrogen) atoms. The number of halogens is 3. The fourth-order valence-electron chi connectivity index (χ4n) is 3.33. The largest absolute Gasteiger partial charge is 0.416 e. The van der Waals surface area contributed by atoms with Crippen molar-refractivity contribution in [3.8, 4) is 11.1 Å². The highest BCUT2D eigenvalue weighted by molar-refractivity contribution is 6.00. The summed E-state index contributed by atoms with van der Waals surface area (Å²) < 4.78 is 40.4. The Morgan fingerprint density at radius 3 is 2.47 bits per heavy atom. The summed E-state index contributed by atoms with van der Waals surface area (Å²) in [6.07, 6.45) is -0.660. The molecular formula is C23H18F3N3O. The molecule has 152 valence electrons. The zero-order chi connectivity index (χ0) is 21.3. The van der Waals surface area contributed by atoms with Crippen LogP contribution in [-0.2, 0) is 12.7 Å². The van der Waals surface area contributed by atoms with Gasteiger partial charge in [0.05, 0.1) is 17.8 Å². The number of alkyl halides is 3. The first-order chi connectivity index (χ1) is 14.3. The number of nitrogens with one attached hydrogen (secondary N) is 1. The zero-order valence-electron chi connectivity index (χ0n) is 16.1. The van der Waals surface area contributed by atoms with Crippen LogP contribution >= 0.6 is 0 Å². The van der Waals surface area contributed by atoms with Gasteiger partial charge < -0.3 is 9.72 Å². The van der Waals surface area contributed by atoms with E-state index in [0.29, 0.717) is 22.4 Å². The molecule has 2 aromatic carbocycles. The zero-order valence-corrected chi connectivity index (χ0v) is 16.1. The van der Waals surface area contributed by atoms with E-state index in [0.717, 1.165) is 23.3 Å². The molecule has 2 aromatic heterocycles. The number of carbonyl (C=O) groups is 1. The first-order valence-electron chi connectivity index (χ1n) is 9.31. The second-order valence-electron chi connectivity index (χ2n) is 6.96. The summed E-state index contributed by atoms with van der Waals surface area (Å²) in [4.78, 5) is 17.3. The lowest BCUT2D eigenvalue weighted by Gasteiger charge is -2.11. The highest BCUT2D eigenvalue weighted by atomic mass is 19.4. The van der Waals surface area contributed by atoms with E-state index in [-0.39, 0.29) is 12.5 Å². The number of carbonyl (C=O) groups excluding carboxylic acids is 1. The minimum absolute atomic E-state index is 0.237. The predicted octanol–water partition coefficient (Wildman–Crippen LogP) is 5.26. The molecule has 0 unspecified atom stereocenters. The van der Waals surface area contributed by atoms with Gasteiger partial charge in [-0.3, -0.25) is 4.79 Å². The van der Waals surface area contributed by atoms with Crippen LogP contribution in [0.4, 0.5) is 13.2 Å². The van der Waals surface area contributed by atoms with Crippen molar-refractivity contribution in [1.82, 2.24) is 14.7 Å². The second kappa shape index (κ2) is 7.67. The number of hydrogen-bond acceptors (Lipinski definition) is 2. The SMILES string of the molecule is Cc1cccn2cc(CNC(=O)c3ccccc3-c3ccc(C(F)(F)F)cc3)nc12. The molecule has 0 radical (unpaired) electrons. The van der Waals surface area contributed by atoms with Crippen LogP contribution in [-0.4, -0.2) is 15.3 Å². The highest BCUT2D eigenvalue weighted by Crippen LogP contribution is 2.31. The molecule has 4 rings (SSSR count). The first kappa shape index (κ1) is 19.7. The molecule has 0 spiro atoms. The van der Waals surface area contributed by atoms with Gasteiger partial charge in [0.25, 0.3) is 5.91 Å². The van der Waals surface area contributed by atoms with Gasteiger partial charge in [-0.15, -0.1) is 0 Å². The van der Waals surface area contributed by atoms with Crippen molar-refractivity contribution in [2.45, 2.75) is 19.6 Å². The molecule has 0 saturated carbocycles. The van der Waals surface area contributed by atoms with Crippen molar-refractivity contribution in [3.63, 3.8) is 0 Å². The average molecular weight is 409 g/mol. The Hall–Kier alpha value is -3.61. The van der Waals surface area contributed by atoms with E-state index in [4.69, 9.17) is 0 Å². The number of aryl methyl sites for hydroxylation is 1. The van der Waals surface area contributed by atoms with Crippen LogP contribution in [0.5, 0.6) is 0 Å². The normalized spacial score (nSPS) is 11.6. The van der Waals surface area contributed by atoms with Crippen LogP contribution in [0, 0.1) is 6.92 Å². The fourth-order valence-corrected chi connectivity index (χ4v) is 3.33. The van der Waals surface area contributed by atoms with Gasteiger partial charge in [0.1, 0.15) is 5.65 Å². The van der Waals surface area contributed by atoms with Crippen LogP contribution in [0.25, 0.3) is 16.8 Å². The molecule has 0 saturated heterocycles. The molecule has 7 heteroatoms. The van der Waals surface area contributed by atoms with E-state index >= 15 is 0 Å². The van der Waals surface area contributed by atoms with E-state index in [1.165, 1.54) is 12.1 Å². The quantitative estimate of drug-likeness (QED) is 0.500. The van der Waals surface area contributed by atoms with Crippen LogP contribution in [0.1, 0.15) is 27.2 Å². The van der Waals surface area contributed by atoms with Crippen LogP contribution < -0.4 is 5.32 Å². The van der Waals surface area contributed by atoms with Crippen LogP contribution in [0.2, 0.25) is 0 Å². The number of imidazole rings is 1. The van der Waals surface area contributed by atoms with Gasteiger partial charge in [-0.05, 0) is 47.9 Å². The Morgan fingerprint density at radius 1 is 1.03 bits per heavy atom. The second-order valence-corrected chi connectivity index (χ2v) is 6.96. The van der Waals surface area contributed by atoms with E-state index in [1.54, 1.807) is 24.3 Å². The van der Waals surface area contributed by atoms with Gasteiger partial charge in [-0.2, -0.15) is 13.2 Å². The van der Waals surface area contributed by atoms with Crippen molar-refractivity contribution in [2.24, 2.45) is 0 Å². The summed E-state index contributed by atoms with van der Waals surface area (Å²) in [5.74, 6) is -0.320. The van der Waals surface area contributed by atoms with Gasteiger partial charge in [0, 0.05) is 18.0 Å². The lowest BCUT2D eigenvalue weighted by Crippen LogP contribution is -2.23. The van der Waals surface area contributed by atoms with Gasteiger partial charge in [-0.1, -0.05) is 36.4 Å². The number of aromatic nitrogens is 2. The molecule has 1 amide bonds. The monoisotopic (exact) mass is 409 g/mol. The maximum absolute atomic E-state index is 12.8. The lowest BCUT2D eigenvalue weighted by molar-refractivity contribution is -0.137. The summed E-state index contributed by atoms with van der Waals surface area (Å²) in [7, 11) is 0. The third-order valence-corrected chi connectivity index (χ3v) is 4.85. The molecule has 0 aliphatic rings. The summed E-state index contributed by atoms with van der Waals surface area (Å²) in [5.41, 5.74) is 3.33. The van der Waals surface area contributed by atoms with Crippen molar-refractivity contribution in [1.29, 1.82) is 0 Å². The highest BCUT2D eigenvalue weighted by Gasteiger charge is 2.30. The minimum Gasteiger partial charge on any atom is -0.346 e. The predicted molar refractivity (Wildman–Crippen MR) is 108 cm³/mol. The van der Waals surface area contributed by atoms with E-state index in [2.05, 4.69) is 10.3 Å². The van der Waals surface area contributed by atoms with E-state index in [9.17, 15) is 18.0 Å². The van der Waals surface area contributed by atoms with Crippen molar-refractivity contribution < 1.29 is 18.0 Å². The number of benzene rings is 2. The summed E-state index contributed by atoms with van der Waals surface area (Å²) in [6.45, 7) is 2.20. The third-order valence-electron chi connectivity index (χ3n) is 4.85. The maximum atomic E-state index is 12.8. The Morgan fingerprint density at radius 2 is 1.77 bits per heavy atom. The van der Waals surface area contributed by atoms with Crippen molar-refractivity contribution in [3.05, 3.63) is 95.4 Å². The summed E-state index contributed by atoms with van der Waals surface area (Å²) in [5, 5.41) is 2.85. The standard InChI is InChI=1S/C23H18F3N3O/c1-15-5-4-12-29-14-18(28-21(15)29)13-27-22(30)20-7-3-2-6-19(20)16-8-10-17(11-9-16)23(24,25)26/h2-12,14H,13H2,1H3,(H,27,30). The van der Waals surface area contributed by atoms with Crippen LogP contribution in [0.15, 0.2) is 73.1 Å². The molecule has 1 N–H and O–H groups in total. The van der Waals surface area contributed by atoms with Crippen molar-refractivity contribution in [2.75, 3.05) is 0 Å². The first-order valence-corrected chi connectivity index (χ1v) is 9.31. The molecule has 4 nitrogen and oxygen atoms in total. The average Bonchev–Trinajstić information content (AvgIpc) is 3.16. The molecule has 2 heterocycles. The number of nitrogens with zero attached hydrogens (tertiary/aromatic N) is 2. The molecule has 0 bridgehead atoms. The lowest BCUT2D eigenvalue weighted by atomic mass is 9.98. The summed E-state index contributed by atoms with van der Waals surface area (Å²) >= 11 is 0. The number of hydrogen-bond donors (Lipinski definition) is 1. The van der Waals surface area contributed by atoms with Gasteiger partial charge in [-0.25, -0.2) is 4.98 Å². The smallest absolute Gasteiger partial charge is 0.346 e. The van der Waals surface area contributed by atoms with Gasteiger partial charge in [0.15, 0.2) is 0 Å². The Labute approximate surface area is 171 Å². The van der Waals surface area contributed by atoms with E-state index in [1.807, 2.05) is 35.9 Å². The maximum Gasteiger partial charge on any atom is 0.416 e. The third kappa shape index (κ3) is 3.91. The van der Waals surface area contributed by atoms with E-state index < -0.39 is 11.7 Å². The molecule has 0 aliphatic heterocycles. The molecule has 0 fully saturated rings. The fraction of sp³-hybridized carbons (Fsp3) is 0.130. The number of amides is 1. The Bertz CT molecular complexity index is 1210. The van der Waals surface area contributed by atoms with Crippen molar-refractivity contribution >= 4 is 11.6 Å². The Kier molecular flexibility index (Phi) is 5.03. The molecule has 4 aromatic rings. The van der Waals surface area contributed by atoms with Gasteiger partial charge in [0.2, 0.25) is 0 Å². The molecule has 0 atom stereocenters. The number of rotatable bonds is 4. The summed E-state index contributed by atoms with van der Waals surface area (Å²) in [6, 6.07) is 15.5. The molecular weight excluding hydrogens is 391 g/mol. The minimum atomic E-state index is -4.40. The topological polar surface area (TPSA) is 46.4 Å². The Balaban J connectivity index is 1.55. The number of fused-ring (bicyclic) bond motifs is 1. The number of pyridine rings is 1. The van der Waals surface area contributed by atoms with Crippen LogP contribution in [0.3, 0.4) is 0 Å². The molecule has 0 aliphatic carbocycles.